The van der Waals surface area contributed by atoms with Gasteiger partial charge in [-0.05, 0) is 12.1 Å². The second kappa shape index (κ2) is 3.65. The van der Waals surface area contributed by atoms with Crippen molar-refractivity contribution in [3.05, 3.63) is 23.8 Å². The second-order valence-corrected chi connectivity index (χ2v) is 4.12. The zero-order valence-corrected chi connectivity index (χ0v) is 8.21. The van der Waals surface area contributed by atoms with Crippen LogP contribution in [0.3, 0.4) is 0 Å². The molecule has 1 rings (SSSR count). The Hall–Kier alpha value is -1.58. The quantitative estimate of drug-likeness (QED) is 0.758. The van der Waals surface area contributed by atoms with E-state index < -0.39 is 10.0 Å². The molecule has 0 bridgehead atoms. The molecule has 0 aliphatic heterocycles. The Labute approximate surface area is 81.8 Å². The highest BCUT2D eigenvalue weighted by atomic mass is 32.2. The van der Waals surface area contributed by atoms with E-state index in [2.05, 4.69) is 0 Å². The lowest BCUT2D eigenvalue weighted by atomic mass is 10.2. The van der Waals surface area contributed by atoms with Crippen LogP contribution in [0.15, 0.2) is 23.1 Å². The number of primary sulfonamides is 1. The van der Waals surface area contributed by atoms with Crippen molar-refractivity contribution in [1.29, 1.82) is 5.26 Å². The second-order valence-electron chi connectivity index (χ2n) is 2.55. The van der Waals surface area contributed by atoms with Crippen LogP contribution in [0, 0.1) is 11.3 Å². The summed E-state index contributed by atoms with van der Waals surface area (Å²) in [6.45, 7) is 0. The van der Waals surface area contributed by atoms with Crippen LogP contribution in [0.4, 0.5) is 0 Å². The van der Waals surface area contributed by atoms with Crippen LogP contribution < -0.4 is 9.88 Å². The Morgan fingerprint density at radius 2 is 2.07 bits per heavy atom. The van der Waals surface area contributed by atoms with Crippen molar-refractivity contribution in [3.63, 3.8) is 0 Å². The van der Waals surface area contributed by atoms with Crippen LogP contribution in [0.1, 0.15) is 5.56 Å². The Kier molecular flexibility index (Phi) is 2.74. The maximum atomic E-state index is 11.0. The van der Waals surface area contributed by atoms with Gasteiger partial charge in [-0.1, -0.05) is 0 Å². The van der Waals surface area contributed by atoms with Gasteiger partial charge in [0.15, 0.2) is 0 Å². The predicted molar refractivity (Wildman–Crippen MR) is 49.1 cm³/mol. The molecule has 0 saturated carbocycles. The molecule has 0 atom stereocenters. The van der Waals surface area contributed by atoms with Gasteiger partial charge < -0.3 is 4.74 Å². The van der Waals surface area contributed by atoms with E-state index in [0.717, 1.165) is 0 Å². The van der Waals surface area contributed by atoms with E-state index >= 15 is 0 Å². The fraction of sp³-hybridized carbons (Fsp3) is 0.125. The third kappa shape index (κ3) is 2.22. The molecule has 0 aliphatic carbocycles. The molecule has 6 heteroatoms. The number of ether oxygens (including phenoxy) is 1. The van der Waals surface area contributed by atoms with Gasteiger partial charge >= 0.3 is 0 Å². The molecular formula is C8H8N2O3S. The summed E-state index contributed by atoms with van der Waals surface area (Å²) in [5.41, 5.74) is 0.188. The van der Waals surface area contributed by atoms with Crippen molar-refractivity contribution < 1.29 is 13.2 Å². The van der Waals surface area contributed by atoms with Crippen molar-refractivity contribution in [2.75, 3.05) is 7.11 Å². The van der Waals surface area contributed by atoms with Gasteiger partial charge in [-0.3, -0.25) is 0 Å². The molecule has 5 nitrogen and oxygen atoms in total. The van der Waals surface area contributed by atoms with Crippen molar-refractivity contribution in [1.82, 2.24) is 0 Å². The summed E-state index contributed by atoms with van der Waals surface area (Å²) in [6, 6.07) is 5.69. The van der Waals surface area contributed by atoms with Crippen molar-refractivity contribution in [2.45, 2.75) is 4.90 Å². The lowest BCUT2D eigenvalue weighted by Gasteiger charge is -2.03. The summed E-state index contributed by atoms with van der Waals surface area (Å²) in [4.78, 5) is -0.131. The van der Waals surface area contributed by atoms with E-state index in [-0.39, 0.29) is 16.2 Å². The van der Waals surface area contributed by atoms with Gasteiger partial charge in [0.1, 0.15) is 5.75 Å². The Balaban J connectivity index is 3.41. The van der Waals surface area contributed by atoms with Crippen LogP contribution in [0.5, 0.6) is 5.75 Å². The number of hydrogen-bond acceptors (Lipinski definition) is 4. The van der Waals surface area contributed by atoms with E-state index in [0.29, 0.717) is 0 Å². The van der Waals surface area contributed by atoms with Crippen LogP contribution in [-0.2, 0) is 10.0 Å². The van der Waals surface area contributed by atoms with Crippen molar-refractivity contribution in [3.8, 4) is 11.8 Å². The largest absolute Gasteiger partial charge is 0.497 e. The minimum atomic E-state index is -3.80. The normalized spacial score (nSPS) is 10.6. The Morgan fingerprint density at radius 3 is 2.50 bits per heavy atom. The molecule has 0 saturated heterocycles. The van der Waals surface area contributed by atoms with Crippen LogP contribution in [0.2, 0.25) is 0 Å². The summed E-state index contributed by atoms with van der Waals surface area (Å²) in [6.07, 6.45) is 0. The molecule has 74 valence electrons. The van der Waals surface area contributed by atoms with Crippen LogP contribution >= 0.6 is 0 Å². The predicted octanol–water partition coefficient (Wildman–Crippen LogP) is 0.214. The number of sulfonamides is 1. The summed E-state index contributed by atoms with van der Waals surface area (Å²) in [5, 5.41) is 13.5. The topological polar surface area (TPSA) is 93.2 Å². The SMILES string of the molecule is COc1cc(C#N)cc(S(N)(=O)=O)c1. The summed E-state index contributed by atoms with van der Waals surface area (Å²) in [5.74, 6) is 0.285. The minimum absolute atomic E-state index is 0.131. The molecule has 0 unspecified atom stereocenters. The van der Waals surface area contributed by atoms with E-state index in [1.807, 2.05) is 6.07 Å². The van der Waals surface area contributed by atoms with Crippen molar-refractivity contribution in [2.24, 2.45) is 5.14 Å². The standard InChI is InChI=1S/C8H8N2O3S/c1-13-7-2-6(5-9)3-8(4-7)14(10,11)12/h2-4H,1H3,(H2,10,11,12). The third-order valence-corrected chi connectivity index (χ3v) is 2.47. The number of nitrogens with zero attached hydrogens (tertiary/aromatic N) is 1. The fourth-order valence-electron chi connectivity index (χ4n) is 0.918. The number of hydrogen-bond donors (Lipinski definition) is 1. The zero-order valence-electron chi connectivity index (χ0n) is 7.39. The van der Waals surface area contributed by atoms with Gasteiger partial charge in [-0.15, -0.1) is 0 Å². The highest BCUT2D eigenvalue weighted by molar-refractivity contribution is 7.89. The molecule has 0 heterocycles. The molecule has 2 N–H and O–H groups in total. The number of rotatable bonds is 2. The number of methoxy groups -OCH3 is 1. The summed E-state index contributed by atoms with van der Waals surface area (Å²) < 4.78 is 26.8. The third-order valence-electron chi connectivity index (χ3n) is 1.57. The first kappa shape index (κ1) is 10.5. The first-order valence-electron chi connectivity index (χ1n) is 3.59. The Morgan fingerprint density at radius 1 is 1.43 bits per heavy atom. The maximum Gasteiger partial charge on any atom is 0.238 e. The van der Waals surface area contributed by atoms with Gasteiger partial charge in [0, 0.05) is 6.07 Å². The average molecular weight is 212 g/mol. The molecular weight excluding hydrogens is 204 g/mol. The Bertz CT molecular complexity index is 488. The minimum Gasteiger partial charge on any atom is -0.497 e. The van der Waals surface area contributed by atoms with Gasteiger partial charge in [-0.2, -0.15) is 5.26 Å². The highest BCUT2D eigenvalue weighted by Crippen LogP contribution is 2.18. The lowest BCUT2D eigenvalue weighted by Crippen LogP contribution is -2.12. The first-order valence-corrected chi connectivity index (χ1v) is 5.14. The molecule has 0 amide bonds. The van der Waals surface area contributed by atoms with Crippen LogP contribution in [-0.4, -0.2) is 15.5 Å². The lowest BCUT2D eigenvalue weighted by molar-refractivity contribution is 0.413. The molecule has 0 aliphatic rings. The average Bonchev–Trinajstić information content (AvgIpc) is 2.15. The molecule has 0 fully saturated rings. The number of benzene rings is 1. The molecule has 1 aromatic carbocycles. The smallest absolute Gasteiger partial charge is 0.238 e. The van der Waals surface area contributed by atoms with Gasteiger partial charge in [-0.25, -0.2) is 13.6 Å². The first-order chi connectivity index (χ1) is 6.47. The highest BCUT2D eigenvalue weighted by Gasteiger charge is 2.10. The summed E-state index contributed by atoms with van der Waals surface area (Å²) in [7, 11) is -2.42. The van der Waals surface area contributed by atoms with Gasteiger partial charge in [0.2, 0.25) is 10.0 Å². The van der Waals surface area contributed by atoms with E-state index in [9.17, 15) is 8.42 Å². The molecule has 0 aromatic heterocycles. The molecule has 14 heavy (non-hydrogen) atoms. The maximum absolute atomic E-state index is 11.0. The molecule has 1 aromatic rings. The molecule has 0 spiro atoms. The van der Waals surface area contributed by atoms with Crippen LogP contribution in [0.25, 0.3) is 0 Å². The number of nitrogens with two attached hydrogens (primary N) is 1. The van der Waals surface area contributed by atoms with E-state index in [4.69, 9.17) is 15.1 Å². The van der Waals surface area contributed by atoms with E-state index in [1.165, 1.54) is 25.3 Å². The zero-order chi connectivity index (χ0) is 10.8. The fourth-order valence-corrected chi connectivity index (χ4v) is 1.49. The molecule has 0 radical (unpaired) electrons. The van der Waals surface area contributed by atoms with E-state index in [1.54, 1.807) is 0 Å². The number of nitriles is 1. The monoisotopic (exact) mass is 212 g/mol. The van der Waals surface area contributed by atoms with Gasteiger partial charge in [0.25, 0.3) is 0 Å². The van der Waals surface area contributed by atoms with Gasteiger partial charge in [0.05, 0.1) is 23.6 Å². The van der Waals surface area contributed by atoms with Crippen molar-refractivity contribution >= 4 is 10.0 Å². The summed E-state index contributed by atoms with van der Waals surface area (Å²) >= 11 is 0.